The van der Waals surface area contributed by atoms with Crippen LogP contribution in [0.15, 0.2) is 13.2 Å². The summed E-state index contributed by atoms with van der Waals surface area (Å²) in [6.07, 6.45) is 3.20. The van der Waals surface area contributed by atoms with E-state index in [0.717, 1.165) is 0 Å². The average molecular weight is 257 g/mol. The zero-order chi connectivity index (χ0) is 14.4. The molecule has 0 saturated heterocycles. The van der Waals surface area contributed by atoms with Gasteiger partial charge in [-0.1, -0.05) is 26.1 Å². The summed E-state index contributed by atoms with van der Waals surface area (Å²) in [5.41, 5.74) is 1.52. The molecule has 1 aromatic heterocycles. The molecule has 5 nitrogen and oxygen atoms in total. The summed E-state index contributed by atoms with van der Waals surface area (Å²) in [7, 11) is 0. The van der Waals surface area contributed by atoms with Crippen LogP contribution >= 0.6 is 0 Å². The zero-order valence-corrected chi connectivity index (χ0v) is 11.0. The summed E-state index contributed by atoms with van der Waals surface area (Å²) >= 11 is 0. The number of aliphatic hydroxyl groups excluding tert-OH is 1. The Hall–Kier alpha value is -2.13. The molecular formula is C13H16BN3O2. The Kier molecular flexibility index (Phi) is 5.28. The van der Waals surface area contributed by atoms with Crippen LogP contribution in [0.3, 0.4) is 0 Å². The number of aromatic nitrogens is 2. The first-order valence-electron chi connectivity index (χ1n) is 5.98. The molecule has 0 spiro atoms. The molecule has 0 fully saturated rings. The van der Waals surface area contributed by atoms with Crippen molar-refractivity contribution in [1.29, 1.82) is 5.26 Å². The first kappa shape index (κ1) is 14.9. The van der Waals surface area contributed by atoms with Crippen LogP contribution < -0.4 is 0 Å². The van der Waals surface area contributed by atoms with Crippen molar-refractivity contribution in [2.45, 2.75) is 19.7 Å². The van der Waals surface area contributed by atoms with E-state index in [1.807, 2.05) is 5.97 Å². The molecule has 19 heavy (non-hydrogen) atoms. The number of ketones is 1. The van der Waals surface area contributed by atoms with Gasteiger partial charge in [0.25, 0.3) is 6.71 Å². The van der Waals surface area contributed by atoms with Gasteiger partial charge in [0, 0.05) is 17.9 Å². The number of rotatable bonds is 7. The summed E-state index contributed by atoms with van der Waals surface area (Å²) in [4.78, 5) is 12.2. The summed E-state index contributed by atoms with van der Waals surface area (Å²) in [6.45, 7) is 8.73. The lowest BCUT2D eigenvalue weighted by Crippen LogP contribution is -2.18. The van der Waals surface area contributed by atoms with E-state index in [4.69, 9.17) is 10.4 Å². The smallest absolute Gasteiger partial charge is 0.272 e. The Morgan fingerprint density at radius 3 is 2.74 bits per heavy atom. The lowest BCUT2D eigenvalue weighted by molar-refractivity contribution is 0.100. The van der Waals surface area contributed by atoms with Crippen molar-refractivity contribution in [2.24, 2.45) is 0 Å². The standard InChI is InChI=1S/C13H16BN3O2/c1-4-10-11(5-2)16-17(6-7-18)13(10)12(19)8-14(3)9-15/h4-5,18H,1-2,6-8H2,3H3. The second-order valence-corrected chi connectivity index (χ2v) is 4.16. The highest BCUT2D eigenvalue weighted by Crippen LogP contribution is 2.19. The Morgan fingerprint density at radius 2 is 2.26 bits per heavy atom. The van der Waals surface area contributed by atoms with Crippen LogP contribution in [0.5, 0.6) is 0 Å². The number of hydrogen-bond donors (Lipinski definition) is 1. The van der Waals surface area contributed by atoms with Gasteiger partial charge in [0.1, 0.15) is 5.69 Å². The Labute approximate surface area is 112 Å². The van der Waals surface area contributed by atoms with Crippen LogP contribution in [0.1, 0.15) is 21.7 Å². The van der Waals surface area contributed by atoms with Gasteiger partial charge in [-0.15, -0.1) is 0 Å². The van der Waals surface area contributed by atoms with Gasteiger partial charge in [-0.05, 0) is 6.08 Å². The minimum Gasteiger partial charge on any atom is -0.394 e. The maximum atomic E-state index is 12.2. The van der Waals surface area contributed by atoms with Crippen LogP contribution in [0.4, 0.5) is 0 Å². The first-order chi connectivity index (χ1) is 9.08. The monoisotopic (exact) mass is 257 g/mol. The molecule has 0 atom stereocenters. The summed E-state index contributed by atoms with van der Waals surface area (Å²) in [5, 5.41) is 22.0. The van der Waals surface area contributed by atoms with Crippen molar-refractivity contribution in [2.75, 3.05) is 6.61 Å². The van der Waals surface area contributed by atoms with Crippen molar-refractivity contribution >= 4 is 24.6 Å². The Bertz CT molecular complexity index is 543. The Balaban J connectivity index is 3.26. The number of carbonyl (C=O) groups is 1. The third-order valence-electron chi connectivity index (χ3n) is 2.70. The summed E-state index contributed by atoms with van der Waals surface area (Å²) in [6, 6.07) is 0. The van der Waals surface area contributed by atoms with Crippen LogP contribution in [-0.4, -0.2) is 34.0 Å². The van der Waals surface area contributed by atoms with Gasteiger partial charge in [-0.2, -0.15) is 5.10 Å². The van der Waals surface area contributed by atoms with Gasteiger partial charge in [-0.25, -0.2) is 5.26 Å². The van der Waals surface area contributed by atoms with E-state index in [1.54, 1.807) is 12.9 Å². The predicted molar refractivity (Wildman–Crippen MR) is 75.9 cm³/mol. The molecule has 1 aromatic rings. The number of nitrogens with zero attached hydrogens (tertiary/aromatic N) is 3. The summed E-state index contributed by atoms with van der Waals surface area (Å²) in [5.74, 6) is 1.85. The molecule has 0 aromatic carbocycles. The quantitative estimate of drug-likeness (QED) is 0.593. The number of hydrogen-bond acceptors (Lipinski definition) is 4. The number of carbonyl (C=O) groups excluding carboxylic acids is 1. The molecule has 0 radical (unpaired) electrons. The maximum absolute atomic E-state index is 12.2. The highest BCUT2D eigenvalue weighted by molar-refractivity contribution is 6.69. The zero-order valence-electron chi connectivity index (χ0n) is 11.0. The van der Waals surface area contributed by atoms with E-state index in [0.29, 0.717) is 17.0 Å². The predicted octanol–water partition coefficient (Wildman–Crippen LogP) is 1.53. The molecule has 98 valence electrons. The molecule has 1 heterocycles. The van der Waals surface area contributed by atoms with Gasteiger partial charge in [0.2, 0.25) is 0 Å². The molecular weight excluding hydrogens is 241 g/mol. The highest BCUT2D eigenvalue weighted by atomic mass is 16.3. The fraction of sp³-hybridized carbons (Fsp3) is 0.308. The first-order valence-corrected chi connectivity index (χ1v) is 5.98. The normalized spacial score (nSPS) is 9.74. The molecule has 1 rings (SSSR count). The van der Waals surface area contributed by atoms with Crippen LogP contribution in [0.25, 0.3) is 12.2 Å². The second-order valence-electron chi connectivity index (χ2n) is 4.16. The fourth-order valence-electron chi connectivity index (χ4n) is 1.82. The Morgan fingerprint density at radius 1 is 1.58 bits per heavy atom. The molecule has 0 bridgehead atoms. The van der Waals surface area contributed by atoms with Crippen molar-refractivity contribution in [3.05, 3.63) is 30.1 Å². The minimum absolute atomic E-state index is 0.116. The van der Waals surface area contributed by atoms with Crippen LogP contribution in [-0.2, 0) is 6.54 Å². The van der Waals surface area contributed by atoms with Gasteiger partial charge in [-0.3, -0.25) is 9.48 Å². The third-order valence-corrected chi connectivity index (χ3v) is 2.70. The molecule has 1 N–H and O–H groups in total. The molecule has 0 unspecified atom stereocenters. The van der Waals surface area contributed by atoms with Crippen molar-refractivity contribution < 1.29 is 9.90 Å². The van der Waals surface area contributed by atoms with Crippen molar-refractivity contribution in [3.8, 4) is 5.97 Å². The van der Waals surface area contributed by atoms with E-state index in [9.17, 15) is 4.79 Å². The lowest BCUT2D eigenvalue weighted by atomic mass is 9.50. The lowest BCUT2D eigenvalue weighted by Gasteiger charge is -2.06. The molecule has 0 amide bonds. The van der Waals surface area contributed by atoms with E-state index in [-0.39, 0.29) is 32.0 Å². The van der Waals surface area contributed by atoms with E-state index >= 15 is 0 Å². The number of Topliss-reactive ketones (excluding diaryl/α,β-unsaturated/α-hetero) is 1. The van der Waals surface area contributed by atoms with Gasteiger partial charge in [0.05, 0.1) is 18.8 Å². The van der Waals surface area contributed by atoms with Crippen LogP contribution in [0, 0.1) is 11.2 Å². The molecule has 0 saturated carbocycles. The largest absolute Gasteiger partial charge is 0.394 e. The highest BCUT2D eigenvalue weighted by Gasteiger charge is 2.23. The summed E-state index contributed by atoms with van der Waals surface area (Å²) < 4.78 is 1.44. The third kappa shape index (κ3) is 3.21. The molecule has 6 heteroatoms. The van der Waals surface area contributed by atoms with Gasteiger partial charge < -0.3 is 5.11 Å². The van der Waals surface area contributed by atoms with Crippen molar-refractivity contribution in [1.82, 2.24) is 9.78 Å². The fourth-order valence-corrected chi connectivity index (χ4v) is 1.82. The van der Waals surface area contributed by atoms with Gasteiger partial charge >= 0.3 is 0 Å². The second kappa shape index (κ2) is 6.71. The molecule has 0 aliphatic carbocycles. The minimum atomic E-state index is -0.366. The number of aliphatic hydroxyl groups is 1. The van der Waals surface area contributed by atoms with Gasteiger partial charge in [0.15, 0.2) is 5.78 Å². The number of nitriles is 1. The SMILES string of the molecule is C=Cc1nn(CCO)c(C(=O)CB(C)C#N)c1C=C. The van der Waals surface area contributed by atoms with Crippen LogP contribution in [0.2, 0.25) is 13.1 Å². The topological polar surface area (TPSA) is 78.9 Å². The van der Waals surface area contributed by atoms with Crippen molar-refractivity contribution in [3.63, 3.8) is 0 Å². The molecule has 0 aliphatic rings. The maximum Gasteiger partial charge on any atom is 0.272 e. The molecule has 0 aliphatic heterocycles. The van der Waals surface area contributed by atoms with E-state index in [2.05, 4.69) is 18.3 Å². The van der Waals surface area contributed by atoms with E-state index < -0.39 is 0 Å². The van der Waals surface area contributed by atoms with E-state index in [1.165, 1.54) is 10.8 Å². The average Bonchev–Trinajstić information content (AvgIpc) is 2.76.